The lowest BCUT2D eigenvalue weighted by atomic mass is 9.90. The van der Waals surface area contributed by atoms with E-state index in [0.29, 0.717) is 11.4 Å². The Morgan fingerprint density at radius 2 is 2.21 bits per heavy atom. The fourth-order valence-corrected chi connectivity index (χ4v) is 2.46. The predicted octanol–water partition coefficient (Wildman–Crippen LogP) is 2.50. The topological polar surface area (TPSA) is 46.2 Å². The molecule has 1 atom stereocenters. The van der Waals surface area contributed by atoms with E-state index in [1.807, 2.05) is 25.1 Å². The van der Waals surface area contributed by atoms with Crippen molar-refractivity contribution in [3.8, 4) is 0 Å². The molecule has 0 saturated carbocycles. The van der Waals surface area contributed by atoms with Crippen LogP contribution in [0.5, 0.6) is 0 Å². The van der Waals surface area contributed by atoms with Gasteiger partial charge in [-0.25, -0.2) is 0 Å². The summed E-state index contributed by atoms with van der Waals surface area (Å²) < 4.78 is 0.963. The van der Waals surface area contributed by atoms with Crippen LogP contribution in [0.4, 0.5) is 0 Å². The molecule has 0 aromatic heterocycles. The quantitative estimate of drug-likeness (QED) is 0.839. The van der Waals surface area contributed by atoms with Crippen molar-refractivity contribution in [2.45, 2.75) is 18.9 Å². The number of hydrogen-bond donors (Lipinski definition) is 2. The molecule has 0 heterocycles. The Bertz CT molecular complexity index is 328. The third-order valence-corrected chi connectivity index (χ3v) is 3.99. The molecule has 2 nitrogen and oxygen atoms in total. The third-order valence-electron chi connectivity index (χ3n) is 2.20. The lowest BCUT2D eigenvalue weighted by Crippen LogP contribution is -2.34. The van der Waals surface area contributed by atoms with Gasteiger partial charge in [-0.3, -0.25) is 0 Å². The number of aliphatic hydroxyl groups excluding tert-OH is 1. The summed E-state index contributed by atoms with van der Waals surface area (Å²) in [4.78, 5) is 0. The molecule has 0 aliphatic rings. The molecule has 3 N–H and O–H groups in total. The number of nitrogens with two attached hydrogens (primary N) is 1. The summed E-state index contributed by atoms with van der Waals surface area (Å²) in [7, 11) is 0. The molecule has 0 fully saturated rings. The predicted molar refractivity (Wildman–Crippen MR) is 67.4 cm³/mol. The maximum Gasteiger partial charge on any atom is 0.0542 e. The lowest BCUT2D eigenvalue weighted by Gasteiger charge is -2.25. The molecule has 1 aromatic carbocycles. The van der Waals surface area contributed by atoms with Gasteiger partial charge in [0.05, 0.1) is 5.02 Å². The standard InChI is InChI=1S/C10H13ClINO/c1-10(13,5-6-14)7-3-2-4-8(11)9(7)12/h2-4,14H,5-6,13H2,1H3/t10-/m1/s1. The molecule has 0 amide bonds. The van der Waals surface area contributed by atoms with Crippen LogP contribution in [0.3, 0.4) is 0 Å². The largest absolute Gasteiger partial charge is 0.396 e. The van der Waals surface area contributed by atoms with Crippen molar-refractivity contribution >= 4 is 34.2 Å². The number of aliphatic hydroxyl groups is 1. The Kier molecular flexibility index (Phi) is 4.18. The lowest BCUT2D eigenvalue weighted by molar-refractivity contribution is 0.247. The third kappa shape index (κ3) is 2.59. The molecule has 0 unspecified atom stereocenters. The first kappa shape index (κ1) is 12.2. The molecule has 0 bridgehead atoms. The monoisotopic (exact) mass is 325 g/mol. The molecule has 0 aliphatic heterocycles. The highest BCUT2D eigenvalue weighted by Crippen LogP contribution is 2.30. The zero-order valence-corrected chi connectivity index (χ0v) is 10.8. The molecule has 4 heteroatoms. The minimum Gasteiger partial charge on any atom is -0.396 e. The Hall–Kier alpha value is 0.160. The van der Waals surface area contributed by atoms with Gasteiger partial charge in [-0.2, -0.15) is 0 Å². The van der Waals surface area contributed by atoms with Crippen LogP contribution >= 0.6 is 34.2 Å². The van der Waals surface area contributed by atoms with Gasteiger partial charge in [-0.05, 0) is 47.6 Å². The highest BCUT2D eigenvalue weighted by Gasteiger charge is 2.23. The Morgan fingerprint density at radius 3 is 2.79 bits per heavy atom. The average Bonchev–Trinajstić information content (AvgIpc) is 2.09. The van der Waals surface area contributed by atoms with Crippen LogP contribution < -0.4 is 5.73 Å². The fraction of sp³-hybridized carbons (Fsp3) is 0.400. The molecule has 1 rings (SSSR count). The number of halogens is 2. The van der Waals surface area contributed by atoms with E-state index in [2.05, 4.69) is 22.6 Å². The summed E-state index contributed by atoms with van der Waals surface area (Å²) in [5.74, 6) is 0. The van der Waals surface area contributed by atoms with E-state index in [1.165, 1.54) is 0 Å². The summed E-state index contributed by atoms with van der Waals surface area (Å²) in [5, 5.41) is 9.61. The maximum atomic E-state index is 8.91. The van der Waals surface area contributed by atoms with Gasteiger partial charge in [0.15, 0.2) is 0 Å². The molecule has 0 saturated heterocycles. The van der Waals surface area contributed by atoms with Crippen molar-refractivity contribution < 1.29 is 5.11 Å². The second-order valence-corrected chi connectivity index (χ2v) is 4.98. The van der Waals surface area contributed by atoms with Gasteiger partial charge in [0.1, 0.15) is 0 Å². The smallest absolute Gasteiger partial charge is 0.0542 e. The summed E-state index contributed by atoms with van der Waals surface area (Å²) in [6.07, 6.45) is 0.531. The van der Waals surface area contributed by atoms with E-state index in [0.717, 1.165) is 9.13 Å². The molecule has 0 spiro atoms. The zero-order valence-electron chi connectivity index (χ0n) is 7.93. The van der Waals surface area contributed by atoms with Gasteiger partial charge >= 0.3 is 0 Å². The Morgan fingerprint density at radius 1 is 1.57 bits per heavy atom. The van der Waals surface area contributed by atoms with E-state index in [9.17, 15) is 0 Å². The number of rotatable bonds is 3. The molecule has 0 aliphatic carbocycles. The first-order chi connectivity index (χ1) is 6.49. The van der Waals surface area contributed by atoms with Gasteiger partial charge in [-0.1, -0.05) is 23.7 Å². The van der Waals surface area contributed by atoms with Crippen LogP contribution in [0.1, 0.15) is 18.9 Å². The van der Waals surface area contributed by atoms with Crippen LogP contribution in [0.25, 0.3) is 0 Å². The van der Waals surface area contributed by atoms with Crippen molar-refractivity contribution in [1.29, 1.82) is 0 Å². The first-order valence-corrected chi connectivity index (χ1v) is 5.79. The summed E-state index contributed by atoms with van der Waals surface area (Å²) in [6, 6.07) is 5.66. The van der Waals surface area contributed by atoms with E-state index >= 15 is 0 Å². The molecule has 14 heavy (non-hydrogen) atoms. The summed E-state index contributed by atoms with van der Waals surface area (Å²) in [6.45, 7) is 1.98. The molecular formula is C10H13ClINO. The zero-order chi connectivity index (χ0) is 10.8. The van der Waals surface area contributed by atoms with Crippen LogP contribution in [-0.2, 0) is 5.54 Å². The van der Waals surface area contributed by atoms with Crippen LogP contribution in [-0.4, -0.2) is 11.7 Å². The van der Waals surface area contributed by atoms with Crippen molar-refractivity contribution in [1.82, 2.24) is 0 Å². The fourth-order valence-electron chi connectivity index (χ4n) is 1.31. The van der Waals surface area contributed by atoms with Crippen molar-refractivity contribution in [2.75, 3.05) is 6.61 Å². The Balaban J connectivity index is 3.12. The molecule has 0 radical (unpaired) electrons. The number of hydrogen-bond acceptors (Lipinski definition) is 2. The van der Waals surface area contributed by atoms with Gasteiger partial charge in [-0.15, -0.1) is 0 Å². The normalized spacial score (nSPS) is 15.2. The minimum atomic E-state index is -0.518. The Labute approximate surface area is 103 Å². The average molecular weight is 326 g/mol. The van der Waals surface area contributed by atoms with Gasteiger partial charge in [0.2, 0.25) is 0 Å². The minimum absolute atomic E-state index is 0.0790. The highest BCUT2D eigenvalue weighted by atomic mass is 127. The van der Waals surface area contributed by atoms with E-state index in [-0.39, 0.29) is 6.61 Å². The van der Waals surface area contributed by atoms with E-state index in [4.69, 9.17) is 22.4 Å². The van der Waals surface area contributed by atoms with Crippen LogP contribution in [0.15, 0.2) is 18.2 Å². The van der Waals surface area contributed by atoms with Crippen molar-refractivity contribution in [3.63, 3.8) is 0 Å². The highest BCUT2D eigenvalue weighted by molar-refractivity contribution is 14.1. The van der Waals surface area contributed by atoms with Crippen LogP contribution in [0, 0.1) is 3.57 Å². The van der Waals surface area contributed by atoms with E-state index in [1.54, 1.807) is 0 Å². The van der Waals surface area contributed by atoms with Gasteiger partial charge in [0.25, 0.3) is 0 Å². The van der Waals surface area contributed by atoms with Crippen molar-refractivity contribution in [3.05, 3.63) is 32.4 Å². The molecule has 78 valence electrons. The van der Waals surface area contributed by atoms with Crippen molar-refractivity contribution in [2.24, 2.45) is 5.73 Å². The van der Waals surface area contributed by atoms with Crippen LogP contribution in [0.2, 0.25) is 5.02 Å². The number of benzene rings is 1. The molecular weight excluding hydrogens is 312 g/mol. The maximum absolute atomic E-state index is 8.91. The second kappa shape index (κ2) is 4.79. The second-order valence-electron chi connectivity index (χ2n) is 3.49. The van der Waals surface area contributed by atoms with Gasteiger partial charge < -0.3 is 10.8 Å². The summed E-state index contributed by atoms with van der Waals surface area (Å²) >= 11 is 8.17. The molecule has 1 aromatic rings. The summed E-state index contributed by atoms with van der Waals surface area (Å²) in [5.41, 5.74) is 6.56. The van der Waals surface area contributed by atoms with E-state index < -0.39 is 5.54 Å². The SMILES string of the molecule is C[C@@](N)(CCO)c1cccc(Cl)c1I. The first-order valence-electron chi connectivity index (χ1n) is 4.33. The van der Waals surface area contributed by atoms with Gasteiger partial charge in [0, 0.05) is 15.7 Å².